The molecule has 3 N–H and O–H groups in total. The maximum Gasteiger partial charge on any atom is 0.207 e. The van der Waals surface area contributed by atoms with Crippen molar-refractivity contribution in [1.82, 2.24) is 10.6 Å². The van der Waals surface area contributed by atoms with E-state index in [1.165, 1.54) is 5.56 Å². The molecule has 2 unspecified atom stereocenters. The van der Waals surface area contributed by atoms with Gasteiger partial charge in [0, 0.05) is 20.2 Å². The molecule has 0 radical (unpaired) electrons. The van der Waals surface area contributed by atoms with Crippen molar-refractivity contribution in [2.24, 2.45) is 0 Å². The van der Waals surface area contributed by atoms with E-state index in [2.05, 4.69) is 10.6 Å². The largest absolute Gasteiger partial charge is 0.390 e. The highest BCUT2D eigenvalue weighted by atomic mass is 16.5. The van der Waals surface area contributed by atoms with Crippen molar-refractivity contribution >= 4 is 6.41 Å². The lowest BCUT2D eigenvalue weighted by atomic mass is 10.2. The molecular formula is C13H20N2O3. The number of carbonyl (C=O) groups excluding carboxylic acids is 1. The van der Waals surface area contributed by atoms with Crippen LogP contribution in [0.2, 0.25) is 0 Å². The molecule has 5 nitrogen and oxygen atoms in total. The molecule has 1 amide bonds. The molecular weight excluding hydrogens is 232 g/mol. The Morgan fingerprint density at radius 1 is 1.44 bits per heavy atom. The highest BCUT2D eigenvalue weighted by molar-refractivity contribution is 5.47. The van der Waals surface area contributed by atoms with E-state index in [0.29, 0.717) is 26.1 Å². The number of nitrogens with one attached hydrogen (secondary N) is 2. The molecule has 0 bridgehead atoms. The summed E-state index contributed by atoms with van der Waals surface area (Å²) >= 11 is 0. The van der Waals surface area contributed by atoms with Crippen molar-refractivity contribution in [3.63, 3.8) is 0 Å². The fourth-order valence-electron chi connectivity index (χ4n) is 1.66. The molecule has 1 aromatic rings. The smallest absolute Gasteiger partial charge is 0.207 e. The minimum atomic E-state index is -0.421. The van der Waals surface area contributed by atoms with Crippen LogP contribution < -0.4 is 10.6 Å². The molecule has 18 heavy (non-hydrogen) atoms. The number of aliphatic hydroxyl groups excluding tert-OH is 1. The molecule has 0 spiro atoms. The van der Waals surface area contributed by atoms with Gasteiger partial charge in [0.1, 0.15) is 0 Å². The molecule has 0 aliphatic carbocycles. The third kappa shape index (κ3) is 5.27. The number of benzene rings is 1. The average Bonchev–Trinajstić information content (AvgIpc) is 2.78. The first-order valence-electron chi connectivity index (χ1n) is 5.89. The molecule has 1 aliphatic heterocycles. The maximum absolute atomic E-state index is 9.86. The molecule has 1 aliphatic rings. The Morgan fingerprint density at radius 2 is 2.17 bits per heavy atom. The molecule has 0 aromatic heterocycles. The quantitative estimate of drug-likeness (QED) is 0.654. The Kier molecular flexibility index (Phi) is 7.01. The van der Waals surface area contributed by atoms with Crippen molar-refractivity contribution in [2.45, 2.75) is 18.8 Å². The number of amides is 1. The van der Waals surface area contributed by atoms with Gasteiger partial charge in [-0.25, -0.2) is 0 Å². The number of methoxy groups -OCH3 is 1. The van der Waals surface area contributed by atoms with E-state index in [1.807, 2.05) is 30.3 Å². The lowest BCUT2D eigenvalue weighted by Gasteiger charge is -2.10. The maximum atomic E-state index is 9.86. The second-order valence-electron chi connectivity index (χ2n) is 4.04. The van der Waals surface area contributed by atoms with Gasteiger partial charge in [-0.2, -0.15) is 0 Å². The van der Waals surface area contributed by atoms with E-state index in [9.17, 15) is 4.79 Å². The molecule has 2 rings (SSSR count). The Balaban J connectivity index is 0.000000180. The lowest BCUT2D eigenvalue weighted by molar-refractivity contribution is -0.110. The van der Waals surface area contributed by atoms with Gasteiger partial charge in [0.25, 0.3) is 0 Å². The van der Waals surface area contributed by atoms with Crippen molar-refractivity contribution in [3.05, 3.63) is 35.9 Å². The van der Waals surface area contributed by atoms with Gasteiger partial charge in [-0.3, -0.25) is 4.79 Å². The zero-order chi connectivity index (χ0) is 13.2. The predicted molar refractivity (Wildman–Crippen MR) is 69.0 cm³/mol. The van der Waals surface area contributed by atoms with Crippen LogP contribution in [0, 0.1) is 0 Å². The number of ether oxygens (including phenoxy) is 1. The number of β-amino-alcohol motifs (C(OH)–C–C–N with tert-alkyl or cyclic N) is 1. The van der Waals surface area contributed by atoms with E-state index < -0.39 is 6.10 Å². The summed E-state index contributed by atoms with van der Waals surface area (Å²) in [7, 11) is 1.70. The summed E-state index contributed by atoms with van der Waals surface area (Å²) in [5.74, 6) is 0. The summed E-state index contributed by atoms with van der Waals surface area (Å²) in [4.78, 5) is 9.86. The van der Waals surface area contributed by atoms with E-state index in [1.54, 1.807) is 7.11 Å². The minimum Gasteiger partial charge on any atom is -0.390 e. The summed E-state index contributed by atoms with van der Waals surface area (Å²) in [6, 6.07) is 10.0. The highest BCUT2D eigenvalue weighted by Gasteiger charge is 2.23. The summed E-state index contributed by atoms with van der Waals surface area (Å²) in [5.41, 5.74) is 1.22. The normalized spacial score (nSPS) is 21.9. The van der Waals surface area contributed by atoms with Gasteiger partial charge in [0.15, 0.2) is 0 Å². The zero-order valence-corrected chi connectivity index (χ0v) is 10.5. The zero-order valence-electron chi connectivity index (χ0n) is 10.5. The standard InChI is InChI=1S/C8H10O.C5H10N2O2/c1-9-7-8-5-3-2-4-6-8;8-3-7-4-1-6-2-5(4)9/h2-6H,7H2,1H3;3-6,9H,1-2H2,(H,7,8). The molecule has 5 heteroatoms. The molecule has 1 fully saturated rings. The fraction of sp³-hybridized carbons (Fsp3) is 0.462. The van der Waals surface area contributed by atoms with Gasteiger partial charge in [0.05, 0.1) is 18.8 Å². The van der Waals surface area contributed by atoms with E-state index in [0.717, 1.165) is 0 Å². The number of hydrogen-bond acceptors (Lipinski definition) is 4. The molecule has 1 saturated heterocycles. The number of aliphatic hydroxyl groups is 1. The first-order chi connectivity index (χ1) is 8.77. The fourth-order valence-corrected chi connectivity index (χ4v) is 1.66. The third-order valence-electron chi connectivity index (χ3n) is 2.62. The van der Waals surface area contributed by atoms with E-state index >= 15 is 0 Å². The number of rotatable bonds is 4. The van der Waals surface area contributed by atoms with Crippen LogP contribution in [-0.2, 0) is 16.1 Å². The Bertz CT molecular complexity index is 332. The Hall–Kier alpha value is -1.43. The van der Waals surface area contributed by atoms with Gasteiger partial charge >= 0.3 is 0 Å². The third-order valence-corrected chi connectivity index (χ3v) is 2.62. The van der Waals surface area contributed by atoms with E-state index in [-0.39, 0.29) is 6.04 Å². The summed E-state index contributed by atoms with van der Waals surface area (Å²) in [6.07, 6.45) is 0.191. The molecule has 1 heterocycles. The monoisotopic (exact) mass is 252 g/mol. The number of carbonyl (C=O) groups is 1. The van der Waals surface area contributed by atoms with Crippen LogP contribution in [0.5, 0.6) is 0 Å². The van der Waals surface area contributed by atoms with Crippen molar-refractivity contribution in [3.8, 4) is 0 Å². The van der Waals surface area contributed by atoms with Crippen molar-refractivity contribution < 1.29 is 14.6 Å². The SMILES string of the molecule is COCc1ccccc1.O=CNC1CNCC1O. The average molecular weight is 252 g/mol. The summed E-state index contributed by atoms with van der Waals surface area (Å²) in [5, 5.41) is 14.5. The van der Waals surface area contributed by atoms with Gasteiger partial charge in [-0.1, -0.05) is 30.3 Å². The van der Waals surface area contributed by atoms with E-state index in [4.69, 9.17) is 9.84 Å². The van der Waals surface area contributed by atoms with Gasteiger partial charge < -0.3 is 20.5 Å². The van der Waals surface area contributed by atoms with Crippen LogP contribution in [0.4, 0.5) is 0 Å². The van der Waals surface area contributed by atoms with Crippen LogP contribution in [0.3, 0.4) is 0 Å². The molecule has 0 saturated carbocycles. The summed E-state index contributed by atoms with van der Waals surface area (Å²) < 4.78 is 4.93. The first-order valence-corrected chi connectivity index (χ1v) is 5.89. The second-order valence-corrected chi connectivity index (χ2v) is 4.04. The van der Waals surface area contributed by atoms with Crippen molar-refractivity contribution in [2.75, 3.05) is 20.2 Å². The van der Waals surface area contributed by atoms with Crippen LogP contribution in [-0.4, -0.2) is 43.9 Å². The van der Waals surface area contributed by atoms with Gasteiger partial charge in [0.2, 0.25) is 6.41 Å². The summed E-state index contributed by atoms with van der Waals surface area (Å²) in [6.45, 7) is 1.95. The van der Waals surface area contributed by atoms with Crippen LogP contribution in [0.15, 0.2) is 30.3 Å². The molecule has 100 valence electrons. The minimum absolute atomic E-state index is 0.0949. The molecule has 2 atom stereocenters. The first kappa shape index (κ1) is 14.6. The highest BCUT2D eigenvalue weighted by Crippen LogP contribution is 1.98. The van der Waals surface area contributed by atoms with Crippen molar-refractivity contribution in [1.29, 1.82) is 0 Å². The van der Waals surface area contributed by atoms with Gasteiger partial charge in [-0.15, -0.1) is 0 Å². The Labute approximate surface area is 107 Å². The van der Waals surface area contributed by atoms with Crippen LogP contribution in [0.25, 0.3) is 0 Å². The van der Waals surface area contributed by atoms with Crippen LogP contribution in [0.1, 0.15) is 5.56 Å². The second kappa shape index (κ2) is 8.63. The topological polar surface area (TPSA) is 70.6 Å². The molecule has 1 aromatic carbocycles. The van der Waals surface area contributed by atoms with Gasteiger partial charge in [-0.05, 0) is 5.56 Å². The predicted octanol–water partition coefficient (Wildman–Crippen LogP) is -0.102. The van der Waals surface area contributed by atoms with Crippen LogP contribution >= 0.6 is 0 Å². The number of hydrogen-bond donors (Lipinski definition) is 3. The Morgan fingerprint density at radius 3 is 2.67 bits per heavy atom. The lowest BCUT2D eigenvalue weighted by Crippen LogP contribution is -2.37.